The van der Waals surface area contributed by atoms with Gasteiger partial charge < -0.3 is 4.90 Å². The van der Waals surface area contributed by atoms with Gasteiger partial charge in [-0.2, -0.15) is 13.2 Å². The molecule has 6 heteroatoms. The average Bonchev–Trinajstić information content (AvgIpc) is 2.88. The third kappa shape index (κ3) is 3.11. The Hall–Kier alpha value is -1.56. The Labute approximate surface area is 127 Å². The Morgan fingerprint density at radius 2 is 1.73 bits per heavy atom. The SMILES string of the molecule is O=C1C2CCCN2CCCN1Cc1ccc(C(F)(F)F)cc1. The van der Waals surface area contributed by atoms with E-state index in [0.717, 1.165) is 50.0 Å². The molecule has 120 valence electrons. The lowest BCUT2D eigenvalue weighted by Gasteiger charge is -2.25. The summed E-state index contributed by atoms with van der Waals surface area (Å²) < 4.78 is 37.7. The van der Waals surface area contributed by atoms with Gasteiger partial charge in [0.2, 0.25) is 5.91 Å². The fraction of sp³-hybridized carbons (Fsp3) is 0.562. The number of halogens is 3. The Kier molecular flexibility index (Phi) is 4.12. The van der Waals surface area contributed by atoms with E-state index in [-0.39, 0.29) is 11.9 Å². The summed E-state index contributed by atoms with van der Waals surface area (Å²) in [6.45, 7) is 2.97. The second-order valence-electron chi connectivity index (χ2n) is 6.00. The van der Waals surface area contributed by atoms with Gasteiger partial charge in [0.1, 0.15) is 0 Å². The third-order valence-electron chi connectivity index (χ3n) is 4.49. The van der Waals surface area contributed by atoms with Crippen LogP contribution in [0.15, 0.2) is 24.3 Å². The number of benzene rings is 1. The first-order valence-corrected chi connectivity index (χ1v) is 7.64. The van der Waals surface area contributed by atoms with Gasteiger partial charge in [0.05, 0.1) is 11.6 Å². The molecule has 0 aromatic heterocycles. The van der Waals surface area contributed by atoms with Crippen molar-refractivity contribution >= 4 is 5.91 Å². The molecule has 1 atom stereocenters. The Bertz CT molecular complexity index is 541. The molecule has 2 aliphatic heterocycles. The van der Waals surface area contributed by atoms with E-state index in [1.165, 1.54) is 12.1 Å². The molecular weight excluding hydrogens is 293 g/mol. The van der Waals surface area contributed by atoms with E-state index < -0.39 is 11.7 Å². The highest BCUT2D eigenvalue weighted by Crippen LogP contribution is 2.29. The summed E-state index contributed by atoms with van der Waals surface area (Å²) in [6, 6.07) is 5.07. The summed E-state index contributed by atoms with van der Waals surface area (Å²) in [4.78, 5) is 16.6. The van der Waals surface area contributed by atoms with Crippen LogP contribution in [0.4, 0.5) is 13.2 Å². The maximum Gasteiger partial charge on any atom is 0.416 e. The minimum atomic E-state index is -4.32. The van der Waals surface area contributed by atoms with Gasteiger partial charge in [-0.05, 0) is 43.5 Å². The molecule has 0 aliphatic carbocycles. The zero-order chi connectivity index (χ0) is 15.7. The molecule has 22 heavy (non-hydrogen) atoms. The summed E-state index contributed by atoms with van der Waals surface area (Å²) in [6.07, 6.45) is -1.46. The Balaban J connectivity index is 1.70. The molecule has 2 aliphatic rings. The standard InChI is InChI=1S/C16H19F3N2O/c17-16(18,19)13-6-4-12(5-7-13)11-21-10-2-9-20-8-1-3-14(20)15(21)22/h4-7,14H,1-3,8-11H2. The molecule has 1 aromatic rings. The van der Waals surface area contributed by atoms with E-state index in [0.29, 0.717) is 13.1 Å². The predicted molar refractivity (Wildman–Crippen MR) is 76.1 cm³/mol. The number of carbonyl (C=O) groups excluding carboxylic acids is 1. The molecule has 0 bridgehead atoms. The summed E-state index contributed by atoms with van der Waals surface area (Å²) >= 11 is 0. The first kappa shape index (κ1) is 15.3. The van der Waals surface area contributed by atoms with Crippen LogP contribution in [0.3, 0.4) is 0 Å². The molecule has 1 unspecified atom stereocenters. The fourth-order valence-corrected chi connectivity index (χ4v) is 3.34. The van der Waals surface area contributed by atoms with E-state index >= 15 is 0 Å². The summed E-state index contributed by atoms with van der Waals surface area (Å²) in [5, 5.41) is 0. The van der Waals surface area contributed by atoms with Crippen molar-refractivity contribution in [3.63, 3.8) is 0 Å². The van der Waals surface area contributed by atoms with Crippen LogP contribution in [0, 0.1) is 0 Å². The monoisotopic (exact) mass is 312 g/mol. The minimum absolute atomic E-state index is 0.0306. The number of alkyl halides is 3. The topological polar surface area (TPSA) is 23.6 Å². The summed E-state index contributed by atoms with van der Waals surface area (Å²) in [5.74, 6) is 0.120. The molecule has 2 heterocycles. The summed E-state index contributed by atoms with van der Waals surface area (Å²) in [7, 11) is 0. The van der Waals surface area contributed by atoms with Gasteiger partial charge in [-0.1, -0.05) is 12.1 Å². The highest BCUT2D eigenvalue weighted by atomic mass is 19.4. The van der Waals surface area contributed by atoms with E-state index in [4.69, 9.17) is 0 Å². The average molecular weight is 312 g/mol. The van der Waals surface area contributed by atoms with Crippen molar-refractivity contribution in [3.05, 3.63) is 35.4 Å². The molecule has 1 aromatic carbocycles. The first-order chi connectivity index (χ1) is 10.4. The van der Waals surface area contributed by atoms with Gasteiger partial charge in [0.25, 0.3) is 0 Å². The van der Waals surface area contributed by atoms with Crippen LogP contribution in [0.5, 0.6) is 0 Å². The van der Waals surface area contributed by atoms with Gasteiger partial charge in [0, 0.05) is 19.6 Å². The van der Waals surface area contributed by atoms with E-state index in [1.54, 1.807) is 4.90 Å². The lowest BCUT2D eigenvalue weighted by molar-refractivity contribution is -0.138. The maximum absolute atomic E-state index is 12.6. The number of hydrogen-bond acceptors (Lipinski definition) is 2. The van der Waals surface area contributed by atoms with Crippen molar-refractivity contribution < 1.29 is 18.0 Å². The number of amides is 1. The van der Waals surface area contributed by atoms with Crippen LogP contribution in [0.25, 0.3) is 0 Å². The quantitative estimate of drug-likeness (QED) is 0.838. The largest absolute Gasteiger partial charge is 0.416 e. The number of hydrogen-bond donors (Lipinski definition) is 0. The van der Waals surface area contributed by atoms with Crippen LogP contribution in [0.2, 0.25) is 0 Å². The predicted octanol–water partition coefficient (Wildman–Crippen LogP) is 2.90. The van der Waals surface area contributed by atoms with E-state index in [1.807, 2.05) is 0 Å². The smallest absolute Gasteiger partial charge is 0.337 e. The molecule has 1 amide bonds. The minimum Gasteiger partial charge on any atom is -0.337 e. The molecule has 0 N–H and O–H groups in total. The Morgan fingerprint density at radius 1 is 1.05 bits per heavy atom. The van der Waals surface area contributed by atoms with Gasteiger partial charge in [-0.25, -0.2) is 0 Å². The lowest BCUT2D eigenvalue weighted by Crippen LogP contribution is -2.42. The third-order valence-corrected chi connectivity index (χ3v) is 4.49. The lowest BCUT2D eigenvalue weighted by atomic mass is 10.1. The number of fused-ring (bicyclic) bond motifs is 1. The molecular formula is C16H19F3N2O. The summed E-state index contributed by atoms with van der Waals surface area (Å²) in [5.41, 5.74) is 0.0909. The van der Waals surface area contributed by atoms with Crippen LogP contribution < -0.4 is 0 Å². The van der Waals surface area contributed by atoms with Crippen LogP contribution >= 0.6 is 0 Å². The van der Waals surface area contributed by atoms with Crippen molar-refractivity contribution in [2.24, 2.45) is 0 Å². The van der Waals surface area contributed by atoms with Crippen molar-refractivity contribution in [1.82, 2.24) is 9.80 Å². The van der Waals surface area contributed by atoms with Crippen molar-refractivity contribution in [2.45, 2.75) is 38.0 Å². The first-order valence-electron chi connectivity index (χ1n) is 7.64. The normalized spacial score (nSPS) is 23.5. The Morgan fingerprint density at radius 3 is 2.41 bits per heavy atom. The van der Waals surface area contributed by atoms with Crippen LogP contribution in [-0.4, -0.2) is 41.4 Å². The number of rotatable bonds is 2. The highest BCUT2D eigenvalue weighted by Gasteiger charge is 2.35. The van der Waals surface area contributed by atoms with Gasteiger partial charge >= 0.3 is 6.18 Å². The molecule has 2 saturated heterocycles. The molecule has 0 saturated carbocycles. The van der Waals surface area contributed by atoms with Gasteiger partial charge in [0.15, 0.2) is 0 Å². The van der Waals surface area contributed by atoms with Gasteiger partial charge in [-0.3, -0.25) is 9.69 Å². The second-order valence-corrected chi connectivity index (χ2v) is 6.00. The highest BCUT2D eigenvalue weighted by molar-refractivity contribution is 5.82. The van der Waals surface area contributed by atoms with E-state index in [2.05, 4.69) is 4.90 Å². The van der Waals surface area contributed by atoms with Crippen molar-refractivity contribution in [2.75, 3.05) is 19.6 Å². The molecule has 3 nitrogen and oxygen atoms in total. The zero-order valence-corrected chi connectivity index (χ0v) is 12.3. The van der Waals surface area contributed by atoms with Crippen molar-refractivity contribution in [3.8, 4) is 0 Å². The zero-order valence-electron chi connectivity index (χ0n) is 12.3. The van der Waals surface area contributed by atoms with Crippen molar-refractivity contribution in [1.29, 1.82) is 0 Å². The van der Waals surface area contributed by atoms with Gasteiger partial charge in [-0.15, -0.1) is 0 Å². The molecule has 0 radical (unpaired) electrons. The fourth-order valence-electron chi connectivity index (χ4n) is 3.34. The van der Waals surface area contributed by atoms with E-state index in [9.17, 15) is 18.0 Å². The second kappa shape index (κ2) is 5.91. The molecule has 2 fully saturated rings. The number of nitrogens with zero attached hydrogens (tertiary/aromatic N) is 2. The maximum atomic E-state index is 12.6. The van der Waals surface area contributed by atoms with Crippen LogP contribution in [-0.2, 0) is 17.5 Å². The number of carbonyl (C=O) groups is 1. The molecule has 0 spiro atoms. The van der Waals surface area contributed by atoms with Crippen LogP contribution in [0.1, 0.15) is 30.4 Å². The molecule has 3 rings (SSSR count).